The lowest BCUT2D eigenvalue weighted by Gasteiger charge is -2.25. The molecule has 2 unspecified atom stereocenters. The Morgan fingerprint density at radius 1 is 1.18 bits per heavy atom. The number of pyridine rings is 1. The molecule has 194 valence electrons. The second-order valence-corrected chi connectivity index (χ2v) is 11.1. The standard InChI is InChI=1S/C28H26FN5O3S/c1-15-25-21(14-37-15)20-7-3-16(9-22(20)33-26(25)30)13-34(23-8-6-19(29)10-24(23)38(2)36)28(35)18-11-31-27(32-12-18)17-4-5-17/h3,6-12,15,17H,4-5,13-14H2,1-2H3,(H2,30,33). The fourth-order valence-electron chi connectivity index (χ4n) is 4.96. The summed E-state index contributed by atoms with van der Waals surface area (Å²) in [6.07, 6.45) is 6.49. The van der Waals surface area contributed by atoms with E-state index in [0.29, 0.717) is 35.1 Å². The van der Waals surface area contributed by atoms with E-state index in [0.717, 1.165) is 40.7 Å². The van der Waals surface area contributed by atoms with Crippen molar-refractivity contribution in [2.75, 3.05) is 16.9 Å². The predicted molar refractivity (Wildman–Crippen MR) is 143 cm³/mol. The average Bonchev–Trinajstić information content (AvgIpc) is 3.68. The summed E-state index contributed by atoms with van der Waals surface area (Å²) in [5, 5.41) is 0.946. The highest BCUT2D eigenvalue weighted by Crippen LogP contribution is 2.39. The third-order valence-corrected chi connectivity index (χ3v) is 8.03. The number of rotatable bonds is 6. The van der Waals surface area contributed by atoms with Gasteiger partial charge < -0.3 is 15.4 Å². The first kappa shape index (κ1) is 24.6. The number of hydrogen-bond acceptors (Lipinski definition) is 7. The smallest absolute Gasteiger partial charge is 0.261 e. The summed E-state index contributed by atoms with van der Waals surface area (Å²) in [7, 11) is -1.54. The fraction of sp³-hybridized carbons (Fsp3) is 0.286. The lowest BCUT2D eigenvalue weighted by molar-refractivity contribution is 0.0801. The summed E-state index contributed by atoms with van der Waals surface area (Å²) in [5.41, 5.74) is 10.3. The van der Waals surface area contributed by atoms with Gasteiger partial charge in [0.15, 0.2) is 0 Å². The minimum atomic E-state index is -1.54. The first-order valence-electron chi connectivity index (χ1n) is 12.4. The molecular formula is C28H26FN5O3S. The molecular weight excluding hydrogens is 505 g/mol. The van der Waals surface area contributed by atoms with E-state index in [-0.39, 0.29) is 23.5 Å². The normalized spacial score (nSPS) is 17.4. The zero-order chi connectivity index (χ0) is 26.6. The van der Waals surface area contributed by atoms with E-state index in [1.54, 1.807) is 0 Å². The van der Waals surface area contributed by atoms with E-state index in [9.17, 15) is 13.4 Å². The maximum absolute atomic E-state index is 14.1. The second kappa shape index (κ2) is 9.52. The number of nitrogens with zero attached hydrogens (tertiary/aromatic N) is 4. The molecule has 2 atom stereocenters. The van der Waals surface area contributed by atoms with Crippen molar-refractivity contribution in [3.05, 3.63) is 82.7 Å². The largest absolute Gasteiger partial charge is 0.383 e. The second-order valence-electron chi connectivity index (χ2n) is 9.76. The van der Waals surface area contributed by atoms with Gasteiger partial charge in [-0.1, -0.05) is 12.1 Å². The molecule has 2 N–H and O–H groups in total. The van der Waals surface area contributed by atoms with E-state index in [2.05, 4.69) is 15.0 Å². The van der Waals surface area contributed by atoms with Crippen molar-refractivity contribution in [3.63, 3.8) is 0 Å². The van der Waals surface area contributed by atoms with Gasteiger partial charge in [0.05, 0.1) is 51.7 Å². The number of nitrogen functional groups attached to an aromatic ring is 1. The molecule has 10 heteroatoms. The number of amides is 1. The minimum absolute atomic E-state index is 0.116. The number of ether oxygens (including phenoxy) is 1. The number of carbonyl (C=O) groups is 1. The first-order valence-corrected chi connectivity index (χ1v) is 13.9. The lowest BCUT2D eigenvalue weighted by Crippen LogP contribution is -2.31. The van der Waals surface area contributed by atoms with Gasteiger partial charge >= 0.3 is 0 Å². The fourth-order valence-corrected chi connectivity index (χ4v) is 5.71. The molecule has 0 bridgehead atoms. The Hall–Kier alpha value is -3.76. The quantitative estimate of drug-likeness (QED) is 0.380. The van der Waals surface area contributed by atoms with Crippen LogP contribution in [0.2, 0.25) is 0 Å². The highest BCUT2D eigenvalue weighted by atomic mass is 32.2. The monoisotopic (exact) mass is 531 g/mol. The van der Waals surface area contributed by atoms with Crippen LogP contribution < -0.4 is 10.6 Å². The number of nitrogens with two attached hydrogens (primary N) is 1. The van der Waals surface area contributed by atoms with Gasteiger partial charge in [-0.05, 0) is 55.2 Å². The molecule has 8 nitrogen and oxygen atoms in total. The highest BCUT2D eigenvalue weighted by Gasteiger charge is 2.29. The molecule has 1 amide bonds. The van der Waals surface area contributed by atoms with Crippen molar-refractivity contribution in [2.45, 2.75) is 49.8 Å². The molecule has 2 aliphatic rings. The van der Waals surface area contributed by atoms with Crippen LogP contribution >= 0.6 is 0 Å². The Morgan fingerprint density at radius 2 is 1.95 bits per heavy atom. The van der Waals surface area contributed by atoms with Gasteiger partial charge in [0.2, 0.25) is 0 Å². The molecule has 1 saturated carbocycles. The maximum atomic E-state index is 14.1. The lowest BCUT2D eigenvalue weighted by atomic mass is 10.0. The summed E-state index contributed by atoms with van der Waals surface area (Å²) in [6.45, 7) is 2.54. The first-order chi connectivity index (χ1) is 18.3. The molecule has 1 fully saturated rings. The molecule has 4 aromatic rings. The van der Waals surface area contributed by atoms with E-state index >= 15 is 0 Å². The minimum Gasteiger partial charge on any atom is -0.383 e. The summed E-state index contributed by atoms with van der Waals surface area (Å²) in [6, 6.07) is 9.69. The SMILES string of the molecule is CC1OCc2c1c(N)nc1cc(CN(C(=O)c3cnc(C4CC4)nc3)c3ccc(F)cc3S(C)=O)ccc21. The van der Waals surface area contributed by atoms with Gasteiger partial charge in [0, 0.05) is 35.5 Å². The zero-order valence-corrected chi connectivity index (χ0v) is 21.8. The summed E-state index contributed by atoms with van der Waals surface area (Å²) >= 11 is 0. The van der Waals surface area contributed by atoms with Crippen molar-refractivity contribution in [1.29, 1.82) is 0 Å². The summed E-state index contributed by atoms with van der Waals surface area (Å²) < 4.78 is 32.4. The van der Waals surface area contributed by atoms with E-state index in [1.807, 2.05) is 25.1 Å². The number of carbonyl (C=O) groups excluding carboxylic acids is 1. The number of halogens is 1. The number of hydrogen-bond donors (Lipinski definition) is 1. The predicted octanol–water partition coefficient (Wildman–Crippen LogP) is 4.80. The molecule has 3 heterocycles. The average molecular weight is 532 g/mol. The van der Waals surface area contributed by atoms with Crippen LogP contribution in [0.1, 0.15) is 64.7 Å². The van der Waals surface area contributed by atoms with Crippen LogP contribution in [-0.2, 0) is 28.7 Å². The maximum Gasteiger partial charge on any atom is 0.261 e. The molecule has 38 heavy (non-hydrogen) atoms. The van der Waals surface area contributed by atoms with Crippen molar-refractivity contribution in [2.24, 2.45) is 0 Å². The number of anilines is 2. The molecule has 6 rings (SSSR count). The number of fused-ring (bicyclic) bond motifs is 3. The number of aromatic nitrogens is 3. The van der Waals surface area contributed by atoms with E-state index < -0.39 is 16.6 Å². The van der Waals surface area contributed by atoms with Crippen LogP contribution in [0.4, 0.5) is 15.9 Å². The Balaban J connectivity index is 1.42. The van der Waals surface area contributed by atoms with Crippen molar-refractivity contribution < 1.29 is 18.1 Å². The molecule has 0 radical (unpaired) electrons. The Labute approximate surface area is 221 Å². The van der Waals surface area contributed by atoms with Gasteiger partial charge in [-0.3, -0.25) is 9.00 Å². The molecule has 1 aliphatic carbocycles. The molecule has 1 aliphatic heterocycles. The van der Waals surface area contributed by atoms with Gasteiger partial charge in [-0.25, -0.2) is 19.3 Å². The van der Waals surface area contributed by atoms with Gasteiger partial charge in [0.25, 0.3) is 5.91 Å². The molecule has 2 aromatic carbocycles. The van der Waals surface area contributed by atoms with Gasteiger partial charge in [-0.2, -0.15) is 0 Å². The number of benzene rings is 2. The Bertz CT molecular complexity index is 1610. The third kappa shape index (κ3) is 4.43. The molecule has 0 saturated heterocycles. The van der Waals surface area contributed by atoms with Crippen LogP contribution in [0.15, 0.2) is 53.7 Å². The molecule has 0 spiro atoms. The summed E-state index contributed by atoms with van der Waals surface area (Å²) in [5.74, 6) is 0.606. The van der Waals surface area contributed by atoms with Gasteiger partial charge in [-0.15, -0.1) is 0 Å². The zero-order valence-electron chi connectivity index (χ0n) is 21.0. The van der Waals surface area contributed by atoms with Crippen molar-refractivity contribution in [1.82, 2.24) is 15.0 Å². The molecule has 2 aromatic heterocycles. The van der Waals surface area contributed by atoms with Gasteiger partial charge in [0.1, 0.15) is 17.5 Å². The summed E-state index contributed by atoms with van der Waals surface area (Å²) in [4.78, 5) is 28.9. The Morgan fingerprint density at radius 3 is 2.66 bits per heavy atom. The van der Waals surface area contributed by atoms with E-state index in [1.165, 1.54) is 41.7 Å². The van der Waals surface area contributed by atoms with E-state index in [4.69, 9.17) is 10.5 Å². The highest BCUT2D eigenvalue weighted by molar-refractivity contribution is 7.84. The van der Waals surface area contributed by atoms with Crippen LogP contribution in [0.25, 0.3) is 10.9 Å². The Kier molecular flexibility index (Phi) is 6.16. The van der Waals surface area contributed by atoms with Crippen LogP contribution in [-0.4, -0.2) is 31.3 Å². The third-order valence-electron chi connectivity index (χ3n) is 7.08. The topological polar surface area (TPSA) is 111 Å². The van der Waals surface area contributed by atoms with Crippen molar-refractivity contribution >= 4 is 39.1 Å². The van der Waals surface area contributed by atoms with Crippen LogP contribution in [0.5, 0.6) is 0 Å². The van der Waals surface area contributed by atoms with Crippen LogP contribution in [0.3, 0.4) is 0 Å². The van der Waals surface area contributed by atoms with Crippen molar-refractivity contribution in [3.8, 4) is 0 Å². The van der Waals surface area contributed by atoms with Crippen LogP contribution in [0, 0.1) is 5.82 Å².